The Morgan fingerprint density at radius 2 is 1.94 bits per heavy atom. The second-order valence-corrected chi connectivity index (χ2v) is 7.70. The molecule has 1 aromatic heterocycles. The number of tetrazole rings is 1. The number of hydrogen-bond donors (Lipinski definition) is 3. The monoisotopic (exact) mass is 468 g/mol. The van der Waals surface area contributed by atoms with E-state index in [2.05, 4.69) is 31.3 Å². The number of anilines is 1. The van der Waals surface area contributed by atoms with E-state index in [1.807, 2.05) is 24.3 Å². The molecule has 1 amide bonds. The molecule has 180 valence electrons. The van der Waals surface area contributed by atoms with Crippen molar-refractivity contribution in [2.24, 2.45) is 0 Å². The lowest BCUT2D eigenvalue weighted by Crippen LogP contribution is -2.38. The van der Waals surface area contributed by atoms with Crippen molar-refractivity contribution in [3.63, 3.8) is 0 Å². The zero-order chi connectivity index (χ0) is 23.9. The first-order chi connectivity index (χ1) is 16.6. The number of nitrogens with one attached hydrogen (secondary N) is 3. The molecule has 1 aliphatic rings. The molecule has 2 atom stereocenters. The molecule has 0 spiro atoms. The fraction of sp³-hybridized carbons (Fsp3) is 0.391. The van der Waals surface area contributed by atoms with E-state index >= 15 is 0 Å². The van der Waals surface area contributed by atoms with Gasteiger partial charge in [-0.25, -0.2) is 0 Å². The first-order valence-electron chi connectivity index (χ1n) is 10.9. The van der Waals surface area contributed by atoms with Crippen LogP contribution in [0.15, 0.2) is 36.4 Å². The highest BCUT2D eigenvalue weighted by molar-refractivity contribution is 5.88. The van der Waals surface area contributed by atoms with Crippen molar-refractivity contribution in [2.75, 3.05) is 39.8 Å². The Hall–Kier alpha value is -3.86. The van der Waals surface area contributed by atoms with Crippen LogP contribution < -0.4 is 24.8 Å². The second kappa shape index (κ2) is 10.8. The number of ether oxygens (including phenoxy) is 4. The fourth-order valence-electron chi connectivity index (χ4n) is 3.93. The molecule has 1 aliphatic heterocycles. The Labute approximate surface area is 197 Å². The molecule has 34 heavy (non-hydrogen) atoms. The highest BCUT2D eigenvalue weighted by Crippen LogP contribution is 2.40. The molecule has 3 aromatic rings. The highest BCUT2D eigenvalue weighted by Gasteiger charge is 2.27. The Bertz CT molecular complexity index is 1080. The summed E-state index contributed by atoms with van der Waals surface area (Å²) in [6.07, 6.45) is 1.92. The summed E-state index contributed by atoms with van der Waals surface area (Å²) in [5.74, 6) is 1.52. The van der Waals surface area contributed by atoms with Crippen molar-refractivity contribution in [3.8, 4) is 28.6 Å². The second-order valence-electron chi connectivity index (χ2n) is 7.70. The third-order valence-electron chi connectivity index (χ3n) is 5.62. The van der Waals surface area contributed by atoms with Crippen LogP contribution in [0.3, 0.4) is 0 Å². The van der Waals surface area contributed by atoms with Gasteiger partial charge in [-0.2, -0.15) is 5.21 Å². The van der Waals surface area contributed by atoms with E-state index in [1.54, 1.807) is 12.1 Å². The van der Waals surface area contributed by atoms with Crippen molar-refractivity contribution in [1.29, 1.82) is 0 Å². The predicted octanol–water partition coefficient (Wildman–Crippen LogP) is 2.34. The van der Waals surface area contributed by atoms with Crippen molar-refractivity contribution in [2.45, 2.75) is 25.0 Å². The van der Waals surface area contributed by atoms with Gasteiger partial charge in [-0.3, -0.25) is 4.79 Å². The van der Waals surface area contributed by atoms with Gasteiger partial charge in [-0.05, 0) is 47.9 Å². The summed E-state index contributed by atoms with van der Waals surface area (Å²) in [7, 11) is 4.60. The topological polar surface area (TPSA) is 133 Å². The zero-order valence-electron chi connectivity index (χ0n) is 19.3. The molecule has 1 fully saturated rings. The van der Waals surface area contributed by atoms with E-state index in [-0.39, 0.29) is 12.0 Å². The Kier molecular flexibility index (Phi) is 7.43. The number of nitrogens with zero attached hydrogens (tertiary/aromatic N) is 3. The molecular weight excluding hydrogens is 440 g/mol. The molecule has 2 heterocycles. The smallest absolute Gasteiger partial charge is 0.247 e. The van der Waals surface area contributed by atoms with Gasteiger partial charge in [0.1, 0.15) is 6.04 Å². The zero-order valence-corrected chi connectivity index (χ0v) is 19.3. The van der Waals surface area contributed by atoms with Gasteiger partial charge in [0.2, 0.25) is 17.5 Å². The molecular formula is C23H28N6O5. The maximum absolute atomic E-state index is 13.5. The Morgan fingerprint density at radius 1 is 1.18 bits per heavy atom. The number of para-hydroxylation sites is 1. The van der Waals surface area contributed by atoms with Crippen molar-refractivity contribution in [3.05, 3.63) is 42.0 Å². The van der Waals surface area contributed by atoms with Gasteiger partial charge >= 0.3 is 0 Å². The molecule has 11 heteroatoms. The van der Waals surface area contributed by atoms with Gasteiger partial charge in [0, 0.05) is 24.4 Å². The van der Waals surface area contributed by atoms with Gasteiger partial charge in [0.05, 0.1) is 27.4 Å². The summed E-state index contributed by atoms with van der Waals surface area (Å²) in [5.41, 5.74) is 1.98. The maximum atomic E-state index is 13.5. The SMILES string of the molecule is COc1cc(C(Nc2ccccc2-c2nn[nH]n2)C(=O)NCC2CCCO2)cc(OC)c1OC. The number of rotatable bonds is 10. The lowest BCUT2D eigenvalue weighted by molar-refractivity contribution is -0.122. The summed E-state index contributed by atoms with van der Waals surface area (Å²) < 4.78 is 22.1. The van der Waals surface area contributed by atoms with E-state index in [1.165, 1.54) is 21.3 Å². The minimum Gasteiger partial charge on any atom is -0.493 e. The van der Waals surface area contributed by atoms with E-state index in [0.29, 0.717) is 53.0 Å². The van der Waals surface area contributed by atoms with Crippen LogP contribution in [0.5, 0.6) is 17.2 Å². The predicted molar refractivity (Wildman–Crippen MR) is 124 cm³/mol. The normalized spacial score (nSPS) is 16.0. The third-order valence-corrected chi connectivity index (χ3v) is 5.62. The van der Waals surface area contributed by atoms with Gasteiger partial charge in [-0.1, -0.05) is 12.1 Å². The first kappa shape index (κ1) is 23.3. The van der Waals surface area contributed by atoms with Crippen LogP contribution in [0, 0.1) is 0 Å². The molecule has 11 nitrogen and oxygen atoms in total. The van der Waals surface area contributed by atoms with Gasteiger partial charge in [0.15, 0.2) is 11.5 Å². The molecule has 0 radical (unpaired) electrons. The standard InChI is InChI=1S/C23H28N6O5/c1-31-18-11-14(12-19(32-2)21(18)33-3)20(23(30)24-13-15-7-6-10-34-15)25-17-9-5-4-8-16(17)22-26-28-29-27-22/h4-5,8-9,11-12,15,20,25H,6-7,10,13H2,1-3H3,(H,24,30)(H,26,27,28,29). The van der Waals surface area contributed by atoms with E-state index in [0.717, 1.165) is 12.8 Å². The minimum absolute atomic E-state index is 0.0103. The van der Waals surface area contributed by atoms with Crippen molar-refractivity contribution < 1.29 is 23.7 Å². The summed E-state index contributed by atoms with van der Waals surface area (Å²) >= 11 is 0. The van der Waals surface area contributed by atoms with Gasteiger partial charge < -0.3 is 29.6 Å². The summed E-state index contributed by atoms with van der Waals surface area (Å²) in [6, 6.07) is 10.1. The van der Waals surface area contributed by atoms with Crippen LogP contribution in [-0.2, 0) is 9.53 Å². The summed E-state index contributed by atoms with van der Waals surface area (Å²) in [6.45, 7) is 1.14. The average Bonchev–Trinajstić information content (AvgIpc) is 3.60. The van der Waals surface area contributed by atoms with Crippen LogP contribution in [0.1, 0.15) is 24.4 Å². The molecule has 0 saturated carbocycles. The Balaban J connectivity index is 1.70. The van der Waals surface area contributed by atoms with Gasteiger partial charge in [0.25, 0.3) is 0 Å². The van der Waals surface area contributed by atoms with E-state index < -0.39 is 6.04 Å². The largest absolute Gasteiger partial charge is 0.493 e. The molecule has 3 N–H and O–H groups in total. The number of amides is 1. The van der Waals surface area contributed by atoms with E-state index in [9.17, 15) is 4.79 Å². The maximum Gasteiger partial charge on any atom is 0.247 e. The number of aromatic amines is 1. The fourth-order valence-corrected chi connectivity index (χ4v) is 3.93. The van der Waals surface area contributed by atoms with Crippen molar-refractivity contribution in [1.82, 2.24) is 25.9 Å². The highest BCUT2D eigenvalue weighted by atomic mass is 16.5. The number of carbonyl (C=O) groups excluding carboxylic acids is 1. The molecule has 0 bridgehead atoms. The number of hydrogen-bond acceptors (Lipinski definition) is 9. The molecule has 2 unspecified atom stereocenters. The molecule has 4 rings (SSSR count). The van der Waals surface area contributed by atoms with Crippen LogP contribution >= 0.6 is 0 Å². The summed E-state index contributed by atoms with van der Waals surface area (Å²) in [4.78, 5) is 13.5. The Morgan fingerprint density at radius 3 is 2.56 bits per heavy atom. The van der Waals surface area contributed by atoms with Crippen molar-refractivity contribution >= 4 is 11.6 Å². The number of benzene rings is 2. The number of methoxy groups -OCH3 is 3. The third kappa shape index (κ3) is 5.04. The van der Waals surface area contributed by atoms with Crippen LogP contribution in [0.4, 0.5) is 5.69 Å². The minimum atomic E-state index is -0.789. The lowest BCUT2D eigenvalue weighted by atomic mass is 10.0. The van der Waals surface area contributed by atoms with Crippen LogP contribution in [-0.4, -0.2) is 67.1 Å². The van der Waals surface area contributed by atoms with Crippen LogP contribution in [0.2, 0.25) is 0 Å². The molecule has 0 aliphatic carbocycles. The molecule has 2 aromatic carbocycles. The number of carbonyl (C=O) groups is 1. The lowest BCUT2D eigenvalue weighted by Gasteiger charge is -2.24. The molecule has 1 saturated heterocycles. The van der Waals surface area contributed by atoms with Crippen LogP contribution in [0.25, 0.3) is 11.4 Å². The quantitative estimate of drug-likeness (QED) is 0.410. The number of aromatic nitrogens is 4. The number of H-pyrrole nitrogens is 1. The summed E-state index contributed by atoms with van der Waals surface area (Å²) in [5, 5.41) is 20.6. The van der Waals surface area contributed by atoms with E-state index in [4.69, 9.17) is 18.9 Å². The average molecular weight is 469 g/mol. The first-order valence-corrected chi connectivity index (χ1v) is 10.9. The van der Waals surface area contributed by atoms with Gasteiger partial charge in [-0.15, -0.1) is 10.2 Å².